The van der Waals surface area contributed by atoms with E-state index in [1.165, 1.54) is 6.07 Å². The average molecular weight is 585 g/mol. The Bertz CT molecular complexity index is 1490. The van der Waals surface area contributed by atoms with Crippen LogP contribution < -0.4 is 10.4 Å². The average Bonchev–Trinajstić information content (AvgIpc) is 3.46. The number of rotatable bonds is 9. The summed E-state index contributed by atoms with van der Waals surface area (Å²) in [5.74, 6) is -1.72. The van der Waals surface area contributed by atoms with E-state index in [1.807, 2.05) is 0 Å². The normalized spacial score (nSPS) is 13.4. The summed E-state index contributed by atoms with van der Waals surface area (Å²) in [5, 5.41) is 0.465. The first kappa shape index (κ1) is 27.7. The number of hydrogen-bond donors (Lipinski definition) is 0. The zero-order valence-corrected chi connectivity index (χ0v) is 22.2. The summed E-state index contributed by atoms with van der Waals surface area (Å²) >= 11 is 18.8. The number of esters is 1. The van der Waals surface area contributed by atoms with Gasteiger partial charge in [0.1, 0.15) is 27.1 Å². The quantitative estimate of drug-likeness (QED) is 0.0781. The summed E-state index contributed by atoms with van der Waals surface area (Å²) in [6.45, 7) is 1.16. The Morgan fingerprint density at radius 2 is 1.66 bits per heavy atom. The van der Waals surface area contributed by atoms with Crippen LogP contribution in [0.15, 0.2) is 31.8 Å². The van der Waals surface area contributed by atoms with Gasteiger partial charge in [-0.15, -0.1) is 5.06 Å². The Kier molecular flexibility index (Phi) is 8.44. The minimum absolute atomic E-state index is 0.0175. The van der Waals surface area contributed by atoms with E-state index < -0.39 is 29.4 Å². The molecule has 0 aliphatic carbocycles. The number of hydroxylamine groups is 2. The van der Waals surface area contributed by atoms with Crippen molar-refractivity contribution < 1.29 is 37.6 Å². The molecule has 13 heteroatoms. The molecule has 1 aliphatic rings. The van der Waals surface area contributed by atoms with Crippen LogP contribution in [-0.4, -0.2) is 28.8 Å². The second-order valence-corrected chi connectivity index (χ2v) is 9.56. The molecule has 4 rings (SSSR count). The monoisotopic (exact) mass is 583 g/mol. The van der Waals surface area contributed by atoms with Crippen LogP contribution in [0.25, 0.3) is 22.3 Å². The molecule has 38 heavy (non-hydrogen) atoms. The molecule has 0 bridgehead atoms. The molecular weight excluding hydrogens is 565 g/mol. The van der Waals surface area contributed by atoms with E-state index in [9.17, 15) is 24.0 Å². The Morgan fingerprint density at radius 1 is 0.947 bits per heavy atom. The lowest BCUT2D eigenvalue weighted by Crippen LogP contribution is -2.31. The zero-order chi connectivity index (χ0) is 27.6. The van der Waals surface area contributed by atoms with E-state index in [2.05, 4.69) is 0 Å². The molecule has 2 amide bonds. The summed E-state index contributed by atoms with van der Waals surface area (Å²) in [5.41, 5.74) is -0.748. The molecule has 2 aromatic heterocycles. The predicted molar refractivity (Wildman–Crippen MR) is 136 cm³/mol. The number of amides is 2. The number of fused-ring (bicyclic) bond motifs is 1. The van der Waals surface area contributed by atoms with Crippen LogP contribution in [0.1, 0.15) is 51.2 Å². The molecule has 0 atom stereocenters. The maximum atomic E-state index is 12.7. The first-order chi connectivity index (χ1) is 18.1. The lowest BCUT2D eigenvalue weighted by atomic mass is 10.1. The molecule has 0 N–H and O–H groups in total. The molecule has 1 aliphatic heterocycles. The Hall–Kier alpha value is -3.34. The van der Waals surface area contributed by atoms with Gasteiger partial charge in [0.05, 0.1) is 5.02 Å². The number of ether oxygens (including phenoxy) is 1. The third-order valence-corrected chi connectivity index (χ3v) is 6.84. The molecule has 0 unspecified atom stereocenters. The number of furan rings is 1. The lowest BCUT2D eigenvalue weighted by molar-refractivity contribution is -0.197. The Balaban J connectivity index is 1.38. The third kappa shape index (κ3) is 5.87. The highest BCUT2D eigenvalue weighted by Gasteiger charge is 2.32. The fraction of sp³-hybridized carbons (Fsp3) is 0.320. The van der Waals surface area contributed by atoms with Crippen molar-refractivity contribution in [1.82, 2.24) is 5.06 Å². The molecule has 1 fully saturated rings. The van der Waals surface area contributed by atoms with Crippen molar-refractivity contribution in [2.75, 3.05) is 0 Å². The van der Waals surface area contributed by atoms with Crippen molar-refractivity contribution in [1.29, 1.82) is 0 Å². The Labute approximate surface area is 230 Å². The number of carbonyl (C=O) groups is 4. The van der Waals surface area contributed by atoms with Gasteiger partial charge in [-0.1, -0.05) is 41.2 Å². The van der Waals surface area contributed by atoms with E-state index in [0.29, 0.717) is 36.5 Å². The van der Waals surface area contributed by atoms with Gasteiger partial charge in [-0.25, -0.2) is 9.59 Å². The second-order valence-electron chi connectivity index (χ2n) is 8.43. The molecule has 0 spiro atoms. The minimum atomic E-state index is -0.749. The van der Waals surface area contributed by atoms with Crippen LogP contribution in [-0.2, 0) is 30.4 Å². The van der Waals surface area contributed by atoms with Gasteiger partial charge >= 0.3 is 17.6 Å². The molecule has 0 saturated carbocycles. The van der Waals surface area contributed by atoms with Crippen molar-refractivity contribution >= 4 is 69.5 Å². The van der Waals surface area contributed by atoms with E-state index in [4.69, 9.17) is 53.2 Å². The van der Waals surface area contributed by atoms with Gasteiger partial charge in [-0.3, -0.25) is 14.4 Å². The predicted octanol–water partition coefficient (Wildman–Crippen LogP) is 5.65. The maximum Gasteiger partial charge on any atom is 0.347 e. The number of benzene rings is 1. The standard InChI is InChI=1S/C25H20Cl3NO9/c1-12(30)35-24-21(27)20(26)15-11-14(25(34)37-23(15)22(24)28)16-8-7-13(36-16)5-3-2-4-6-19(33)38-29-17(31)9-10-18(29)32/h7-8,11H,2-6,9-10H2,1H3. The number of carbonyl (C=O) groups excluding carboxylic acids is 4. The van der Waals surface area contributed by atoms with Crippen molar-refractivity contribution in [2.45, 2.75) is 51.9 Å². The first-order valence-corrected chi connectivity index (χ1v) is 12.7. The second kappa shape index (κ2) is 11.6. The van der Waals surface area contributed by atoms with E-state index in [0.717, 1.165) is 6.92 Å². The lowest BCUT2D eigenvalue weighted by Gasteiger charge is -2.12. The summed E-state index contributed by atoms with van der Waals surface area (Å²) in [7, 11) is 0. The molecule has 3 heterocycles. The highest BCUT2D eigenvalue weighted by atomic mass is 35.5. The molecule has 1 aromatic carbocycles. The molecule has 200 valence electrons. The van der Waals surface area contributed by atoms with Crippen LogP contribution in [0.4, 0.5) is 0 Å². The Morgan fingerprint density at radius 3 is 2.34 bits per heavy atom. The fourth-order valence-electron chi connectivity index (χ4n) is 3.83. The van der Waals surface area contributed by atoms with E-state index in [-0.39, 0.29) is 62.4 Å². The van der Waals surface area contributed by atoms with Gasteiger partial charge in [0.2, 0.25) is 0 Å². The van der Waals surface area contributed by atoms with Crippen LogP contribution in [0.2, 0.25) is 15.1 Å². The van der Waals surface area contributed by atoms with Crippen LogP contribution in [0.5, 0.6) is 5.75 Å². The maximum absolute atomic E-state index is 12.7. The van der Waals surface area contributed by atoms with E-state index in [1.54, 1.807) is 12.1 Å². The third-order valence-electron chi connectivity index (χ3n) is 5.65. The summed E-state index contributed by atoms with van der Waals surface area (Å²) in [6, 6.07) is 4.76. The molecule has 1 saturated heterocycles. The summed E-state index contributed by atoms with van der Waals surface area (Å²) < 4.78 is 16.2. The van der Waals surface area contributed by atoms with Crippen molar-refractivity contribution in [2.24, 2.45) is 0 Å². The van der Waals surface area contributed by atoms with Crippen molar-refractivity contribution in [3.63, 3.8) is 0 Å². The number of halogens is 3. The molecule has 3 aromatic rings. The smallest absolute Gasteiger partial charge is 0.347 e. The van der Waals surface area contributed by atoms with Gasteiger partial charge in [0, 0.05) is 38.0 Å². The molecular formula is C25H20Cl3NO9. The highest BCUT2D eigenvalue weighted by molar-refractivity contribution is 6.49. The van der Waals surface area contributed by atoms with Gasteiger partial charge in [-0.05, 0) is 31.0 Å². The largest absolute Gasteiger partial charge is 0.461 e. The van der Waals surface area contributed by atoms with Crippen LogP contribution >= 0.6 is 34.8 Å². The molecule has 0 radical (unpaired) electrons. The summed E-state index contributed by atoms with van der Waals surface area (Å²) in [6.07, 6.45) is 2.50. The van der Waals surface area contributed by atoms with Gasteiger partial charge < -0.3 is 18.4 Å². The fourth-order valence-corrected chi connectivity index (χ4v) is 4.61. The SMILES string of the molecule is CC(=O)Oc1c(Cl)c(Cl)c2cc(-c3ccc(CCCCCC(=O)ON4C(=O)CCC4=O)o3)c(=O)oc2c1Cl. The van der Waals surface area contributed by atoms with Gasteiger partial charge in [-0.2, -0.15) is 0 Å². The molecule has 10 nitrogen and oxygen atoms in total. The topological polar surface area (TPSA) is 133 Å². The van der Waals surface area contributed by atoms with Crippen LogP contribution in [0.3, 0.4) is 0 Å². The number of nitrogens with zero attached hydrogens (tertiary/aromatic N) is 1. The highest BCUT2D eigenvalue weighted by Crippen LogP contribution is 2.45. The minimum Gasteiger partial charge on any atom is -0.461 e. The van der Waals surface area contributed by atoms with Crippen molar-refractivity contribution in [3.8, 4) is 17.1 Å². The van der Waals surface area contributed by atoms with E-state index >= 15 is 0 Å². The number of imide groups is 1. The number of aryl methyl sites for hydroxylation is 1. The van der Waals surface area contributed by atoms with Gasteiger partial charge in [0.15, 0.2) is 11.3 Å². The van der Waals surface area contributed by atoms with Crippen LogP contribution in [0, 0.1) is 0 Å². The first-order valence-electron chi connectivity index (χ1n) is 11.5. The zero-order valence-electron chi connectivity index (χ0n) is 19.9. The number of unbranched alkanes of at least 4 members (excludes halogenated alkanes) is 2. The number of hydrogen-bond acceptors (Lipinski definition) is 9. The summed E-state index contributed by atoms with van der Waals surface area (Å²) in [4.78, 5) is 63.8. The van der Waals surface area contributed by atoms with Gasteiger partial charge in [0.25, 0.3) is 11.8 Å². The van der Waals surface area contributed by atoms with Crippen molar-refractivity contribution in [3.05, 3.63) is 49.4 Å².